The number of aromatic nitrogens is 1. The standard InChI is InChI=1S/C44H34N2/c1-31-28-32(2)30-37(29-31)45(36-26-24-34(25-27-36)33-14-5-3-6-15-33)42-22-13-23-43-44(42)39-19-10-12-21-41(39)46(43)40-20-11-9-18-38(40)35-16-7-4-8-17-35/h3-30H,1-2H3. The number of rotatable bonds is 6. The zero-order chi connectivity index (χ0) is 31.0. The van der Waals surface area contributed by atoms with Gasteiger partial charge in [-0.2, -0.15) is 0 Å². The van der Waals surface area contributed by atoms with Gasteiger partial charge in [0.2, 0.25) is 0 Å². The molecule has 46 heavy (non-hydrogen) atoms. The number of hydrogen-bond donors (Lipinski definition) is 0. The lowest BCUT2D eigenvalue weighted by Crippen LogP contribution is -2.11. The Hall–Kier alpha value is -5.86. The maximum absolute atomic E-state index is 2.44. The van der Waals surface area contributed by atoms with E-state index < -0.39 is 0 Å². The Labute approximate surface area is 270 Å². The molecule has 1 aromatic heterocycles. The molecule has 7 aromatic carbocycles. The average Bonchev–Trinajstić information content (AvgIpc) is 3.44. The minimum atomic E-state index is 1.12. The van der Waals surface area contributed by atoms with Gasteiger partial charge in [-0.25, -0.2) is 0 Å². The first-order valence-electron chi connectivity index (χ1n) is 15.9. The lowest BCUT2D eigenvalue weighted by Gasteiger charge is -2.27. The molecule has 8 aromatic rings. The summed E-state index contributed by atoms with van der Waals surface area (Å²) in [4.78, 5) is 2.43. The molecule has 0 aliphatic rings. The molecular weight excluding hydrogens is 556 g/mol. The lowest BCUT2D eigenvalue weighted by molar-refractivity contribution is 1.18. The van der Waals surface area contributed by atoms with E-state index in [1.165, 1.54) is 60.9 Å². The summed E-state index contributed by atoms with van der Waals surface area (Å²) in [6, 6.07) is 61.4. The molecule has 0 unspecified atom stereocenters. The highest BCUT2D eigenvalue weighted by molar-refractivity contribution is 6.17. The first-order chi connectivity index (χ1) is 22.7. The summed E-state index contributed by atoms with van der Waals surface area (Å²) in [5.41, 5.74) is 14.3. The molecule has 0 amide bonds. The van der Waals surface area contributed by atoms with Crippen molar-refractivity contribution in [2.75, 3.05) is 4.90 Å². The van der Waals surface area contributed by atoms with E-state index in [1.807, 2.05) is 0 Å². The minimum Gasteiger partial charge on any atom is -0.310 e. The van der Waals surface area contributed by atoms with Crippen LogP contribution in [0.5, 0.6) is 0 Å². The van der Waals surface area contributed by atoms with E-state index in [0.717, 1.165) is 17.1 Å². The van der Waals surface area contributed by atoms with Crippen LogP contribution >= 0.6 is 0 Å². The maximum Gasteiger partial charge on any atom is 0.0562 e. The van der Waals surface area contributed by atoms with E-state index in [1.54, 1.807) is 0 Å². The summed E-state index contributed by atoms with van der Waals surface area (Å²) in [7, 11) is 0. The molecule has 1 heterocycles. The molecule has 0 saturated carbocycles. The highest BCUT2D eigenvalue weighted by Crippen LogP contribution is 2.45. The van der Waals surface area contributed by atoms with Crippen molar-refractivity contribution in [1.29, 1.82) is 0 Å². The SMILES string of the molecule is Cc1cc(C)cc(N(c2ccc(-c3ccccc3)cc2)c2cccc3c2c2ccccc2n3-c2ccccc2-c2ccccc2)c1. The number of para-hydroxylation sites is 2. The van der Waals surface area contributed by atoms with Gasteiger partial charge in [-0.1, -0.05) is 121 Å². The van der Waals surface area contributed by atoms with Gasteiger partial charge in [-0.05, 0) is 90.2 Å². The van der Waals surface area contributed by atoms with Crippen LogP contribution in [0.3, 0.4) is 0 Å². The van der Waals surface area contributed by atoms with Crippen molar-refractivity contribution in [3.8, 4) is 27.9 Å². The maximum atomic E-state index is 2.44. The van der Waals surface area contributed by atoms with Crippen molar-refractivity contribution in [1.82, 2.24) is 4.57 Å². The fourth-order valence-electron chi connectivity index (χ4n) is 6.92. The molecule has 0 radical (unpaired) electrons. The minimum absolute atomic E-state index is 1.12. The van der Waals surface area contributed by atoms with Gasteiger partial charge in [0.25, 0.3) is 0 Å². The Morgan fingerprint density at radius 3 is 1.76 bits per heavy atom. The zero-order valence-corrected chi connectivity index (χ0v) is 26.1. The Morgan fingerprint density at radius 2 is 1.02 bits per heavy atom. The first kappa shape index (κ1) is 27.7. The molecule has 0 bridgehead atoms. The summed E-state index contributed by atoms with van der Waals surface area (Å²) >= 11 is 0. The van der Waals surface area contributed by atoms with Gasteiger partial charge in [0.1, 0.15) is 0 Å². The van der Waals surface area contributed by atoms with Gasteiger partial charge < -0.3 is 9.47 Å². The fourth-order valence-corrected chi connectivity index (χ4v) is 6.92. The van der Waals surface area contributed by atoms with Crippen LogP contribution in [0.4, 0.5) is 17.1 Å². The third-order valence-electron chi connectivity index (χ3n) is 8.84. The molecule has 0 N–H and O–H groups in total. The van der Waals surface area contributed by atoms with E-state index in [4.69, 9.17) is 0 Å². The van der Waals surface area contributed by atoms with Gasteiger partial charge in [-0.3, -0.25) is 0 Å². The van der Waals surface area contributed by atoms with Crippen molar-refractivity contribution in [3.05, 3.63) is 181 Å². The van der Waals surface area contributed by atoms with Crippen LogP contribution in [0.15, 0.2) is 170 Å². The summed E-state index contributed by atoms with van der Waals surface area (Å²) in [6.45, 7) is 4.36. The highest BCUT2D eigenvalue weighted by atomic mass is 15.1. The van der Waals surface area contributed by atoms with Crippen LogP contribution in [-0.2, 0) is 0 Å². The number of benzene rings is 7. The molecule has 220 valence electrons. The number of nitrogens with zero attached hydrogens (tertiary/aromatic N) is 2. The van der Waals surface area contributed by atoms with E-state index in [2.05, 4.69) is 193 Å². The van der Waals surface area contributed by atoms with Crippen molar-refractivity contribution in [2.24, 2.45) is 0 Å². The van der Waals surface area contributed by atoms with E-state index >= 15 is 0 Å². The van der Waals surface area contributed by atoms with Crippen LogP contribution in [0.25, 0.3) is 49.7 Å². The molecule has 0 atom stereocenters. The van der Waals surface area contributed by atoms with Crippen molar-refractivity contribution < 1.29 is 0 Å². The van der Waals surface area contributed by atoms with Crippen LogP contribution in [-0.4, -0.2) is 4.57 Å². The number of hydrogen-bond acceptors (Lipinski definition) is 1. The third-order valence-corrected chi connectivity index (χ3v) is 8.84. The largest absolute Gasteiger partial charge is 0.310 e. The monoisotopic (exact) mass is 590 g/mol. The van der Waals surface area contributed by atoms with Crippen LogP contribution in [0.1, 0.15) is 11.1 Å². The molecule has 0 aliphatic heterocycles. The topological polar surface area (TPSA) is 8.17 Å². The van der Waals surface area contributed by atoms with Crippen LogP contribution in [0, 0.1) is 13.8 Å². The van der Waals surface area contributed by atoms with Crippen LogP contribution in [0.2, 0.25) is 0 Å². The smallest absolute Gasteiger partial charge is 0.0562 e. The zero-order valence-electron chi connectivity index (χ0n) is 26.1. The van der Waals surface area contributed by atoms with Crippen LogP contribution < -0.4 is 4.90 Å². The Bertz CT molecular complexity index is 2290. The predicted molar refractivity (Wildman–Crippen MR) is 196 cm³/mol. The normalized spacial score (nSPS) is 11.3. The first-order valence-corrected chi connectivity index (χ1v) is 15.9. The molecule has 0 fully saturated rings. The van der Waals surface area contributed by atoms with Gasteiger partial charge in [-0.15, -0.1) is 0 Å². The molecular formula is C44H34N2. The summed E-state index contributed by atoms with van der Waals surface area (Å²) in [6.07, 6.45) is 0. The molecule has 2 heteroatoms. The van der Waals surface area contributed by atoms with Gasteiger partial charge in [0, 0.05) is 27.7 Å². The highest BCUT2D eigenvalue weighted by Gasteiger charge is 2.22. The molecule has 0 aliphatic carbocycles. The number of aryl methyl sites for hydroxylation is 2. The van der Waals surface area contributed by atoms with Crippen molar-refractivity contribution in [3.63, 3.8) is 0 Å². The van der Waals surface area contributed by atoms with Crippen molar-refractivity contribution in [2.45, 2.75) is 13.8 Å². The van der Waals surface area contributed by atoms with Crippen molar-refractivity contribution >= 4 is 38.9 Å². The second kappa shape index (κ2) is 11.6. The Kier molecular flexibility index (Phi) is 6.96. The molecule has 2 nitrogen and oxygen atoms in total. The van der Waals surface area contributed by atoms with E-state index in [9.17, 15) is 0 Å². The molecule has 8 rings (SSSR count). The van der Waals surface area contributed by atoms with E-state index in [-0.39, 0.29) is 0 Å². The molecule has 0 spiro atoms. The fraction of sp³-hybridized carbons (Fsp3) is 0.0455. The van der Waals surface area contributed by atoms with Gasteiger partial charge in [0.15, 0.2) is 0 Å². The van der Waals surface area contributed by atoms with Gasteiger partial charge >= 0.3 is 0 Å². The Morgan fingerprint density at radius 1 is 0.435 bits per heavy atom. The second-order valence-corrected chi connectivity index (χ2v) is 12.0. The Balaban J connectivity index is 1.40. The number of fused-ring (bicyclic) bond motifs is 3. The predicted octanol–water partition coefficient (Wildman–Crippen LogP) is 12.2. The second-order valence-electron chi connectivity index (χ2n) is 12.0. The summed E-state index contributed by atoms with van der Waals surface area (Å²) in [5, 5.41) is 2.46. The third kappa shape index (κ3) is 4.85. The summed E-state index contributed by atoms with van der Waals surface area (Å²) < 4.78 is 2.44. The quantitative estimate of drug-likeness (QED) is 0.187. The van der Waals surface area contributed by atoms with E-state index in [0.29, 0.717) is 0 Å². The summed E-state index contributed by atoms with van der Waals surface area (Å²) in [5.74, 6) is 0. The average molecular weight is 591 g/mol. The molecule has 0 saturated heterocycles. The lowest BCUT2D eigenvalue weighted by atomic mass is 10.0. The number of anilines is 3. The van der Waals surface area contributed by atoms with Gasteiger partial charge in [0.05, 0.1) is 22.4 Å².